The number of pyridine rings is 1. The van der Waals surface area contributed by atoms with E-state index in [2.05, 4.69) is 15.0 Å². The molecule has 0 spiro atoms. The summed E-state index contributed by atoms with van der Waals surface area (Å²) in [6.45, 7) is -0.146. The van der Waals surface area contributed by atoms with Crippen LogP contribution < -0.4 is 19.5 Å². The molecular weight excluding hydrogens is 554 g/mol. The molecule has 2 aromatic carbocycles. The van der Waals surface area contributed by atoms with Gasteiger partial charge in [0.05, 0.1) is 36.5 Å². The van der Waals surface area contributed by atoms with Gasteiger partial charge in [0.2, 0.25) is 10.0 Å². The minimum absolute atomic E-state index is 0.146. The fraction of sp³-hybridized carbons (Fsp3) is 0.154. The number of carbonyl (C=O) groups excluding carboxylic acids is 1. The summed E-state index contributed by atoms with van der Waals surface area (Å²) in [6.07, 6.45) is 4.04. The second kappa shape index (κ2) is 11.3. The Morgan fingerprint density at radius 2 is 1.74 bits per heavy atom. The minimum atomic E-state index is -3.55. The maximum Gasteiger partial charge on any atom is 0.257 e. The first-order valence-corrected chi connectivity index (χ1v) is 13.6. The molecule has 2 aromatic heterocycles. The molecule has 2 heterocycles. The molecule has 39 heavy (non-hydrogen) atoms. The molecule has 0 saturated heterocycles. The highest BCUT2D eigenvalue weighted by atomic mass is 35.5. The van der Waals surface area contributed by atoms with E-state index < -0.39 is 27.6 Å². The van der Waals surface area contributed by atoms with Crippen molar-refractivity contribution in [3.63, 3.8) is 0 Å². The SMILES string of the molecule is COc1cnc(-c2cc(C(=O)Nc3cc(Cl)cc(NS(C)(=O)=O)c3)cn2C)c(OCc2cc(F)cc(F)c2)c1. The van der Waals surface area contributed by atoms with Gasteiger partial charge in [-0.15, -0.1) is 0 Å². The Bertz CT molecular complexity index is 1640. The van der Waals surface area contributed by atoms with Crippen LogP contribution in [0.1, 0.15) is 15.9 Å². The summed E-state index contributed by atoms with van der Waals surface area (Å²) in [5, 5.41) is 2.91. The largest absolute Gasteiger partial charge is 0.495 e. The molecule has 2 N–H and O–H groups in total. The number of nitrogens with one attached hydrogen (secondary N) is 2. The maximum atomic E-state index is 13.6. The van der Waals surface area contributed by atoms with Crippen LogP contribution >= 0.6 is 11.6 Å². The van der Waals surface area contributed by atoms with E-state index in [1.807, 2.05) is 0 Å². The fourth-order valence-electron chi connectivity index (χ4n) is 3.76. The van der Waals surface area contributed by atoms with Crippen molar-refractivity contribution in [1.29, 1.82) is 0 Å². The zero-order valence-electron chi connectivity index (χ0n) is 21.0. The Kier molecular flexibility index (Phi) is 8.07. The van der Waals surface area contributed by atoms with Gasteiger partial charge in [-0.05, 0) is 42.0 Å². The van der Waals surface area contributed by atoms with E-state index in [4.69, 9.17) is 21.1 Å². The molecule has 13 heteroatoms. The third kappa shape index (κ3) is 7.24. The molecule has 0 bridgehead atoms. The lowest BCUT2D eigenvalue weighted by Crippen LogP contribution is -2.13. The van der Waals surface area contributed by atoms with Crippen LogP contribution in [0.2, 0.25) is 5.02 Å². The van der Waals surface area contributed by atoms with Gasteiger partial charge in [-0.1, -0.05) is 11.6 Å². The number of aromatic nitrogens is 2. The normalized spacial score (nSPS) is 11.2. The van der Waals surface area contributed by atoms with Crippen molar-refractivity contribution in [3.05, 3.63) is 88.7 Å². The summed E-state index contributed by atoms with van der Waals surface area (Å²) in [5.41, 5.74) is 1.88. The first-order valence-electron chi connectivity index (χ1n) is 11.3. The summed E-state index contributed by atoms with van der Waals surface area (Å²) in [7, 11) is -0.386. The van der Waals surface area contributed by atoms with E-state index in [9.17, 15) is 22.0 Å². The van der Waals surface area contributed by atoms with Gasteiger partial charge in [0.25, 0.3) is 5.91 Å². The molecular formula is C26H23ClF2N4O5S. The molecule has 4 aromatic rings. The average Bonchev–Trinajstić information content (AvgIpc) is 3.22. The summed E-state index contributed by atoms with van der Waals surface area (Å²) >= 11 is 6.09. The zero-order chi connectivity index (χ0) is 28.3. The predicted molar refractivity (Wildman–Crippen MR) is 144 cm³/mol. The Morgan fingerprint density at radius 1 is 1.05 bits per heavy atom. The van der Waals surface area contributed by atoms with Crippen molar-refractivity contribution >= 4 is 38.9 Å². The Morgan fingerprint density at radius 3 is 2.41 bits per heavy atom. The highest BCUT2D eigenvalue weighted by Crippen LogP contribution is 2.33. The zero-order valence-corrected chi connectivity index (χ0v) is 22.5. The lowest BCUT2D eigenvalue weighted by Gasteiger charge is -2.13. The quantitative estimate of drug-likeness (QED) is 0.282. The monoisotopic (exact) mass is 576 g/mol. The average molecular weight is 577 g/mol. The van der Waals surface area contributed by atoms with Crippen LogP contribution in [0, 0.1) is 11.6 Å². The molecule has 0 aliphatic heterocycles. The van der Waals surface area contributed by atoms with Gasteiger partial charge in [0.1, 0.15) is 29.7 Å². The van der Waals surface area contributed by atoms with Crippen molar-refractivity contribution in [2.45, 2.75) is 6.61 Å². The summed E-state index contributed by atoms with van der Waals surface area (Å²) in [4.78, 5) is 17.4. The number of halogens is 3. The molecule has 0 atom stereocenters. The van der Waals surface area contributed by atoms with Crippen molar-refractivity contribution < 1.29 is 31.5 Å². The first-order chi connectivity index (χ1) is 18.4. The Balaban J connectivity index is 1.60. The van der Waals surface area contributed by atoms with Crippen LogP contribution in [-0.4, -0.2) is 37.2 Å². The standard InChI is InChI=1S/C26H23ClF2N4O5S/c1-33-13-16(26(34)31-20-7-17(27)8-21(10-20)32-39(3,35)36)6-23(33)25-24(11-22(37-2)12-30-25)38-14-15-4-18(28)9-19(29)5-15/h4-13,32H,14H2,1-3H3,(H,31,34). The number of methoxy groups -OCH3 is 1. The number of amides is 1. The van der Waals surface area contributed by atoms with Crippen LogP contribution in [0.15, 0.2) is 60.9 Å². The smallest absolute Gasteiger partial charge is 0.257 e. The van der Waals surface area contributed by atoms with Crippen molar-refractivity contribution in [3.8, 4) is 22.9 Å². The number of hydrogen-bond acceptors (Lipinski definition) is 6. The number of rotatable bonds is 9. The lowest BCUT2D eigenvalue weighted by atomic mass is 10.2. The third-order valence-electron chi connectivity index (χ3n) is 5.35. The minimum Gasteiger partial charge on any atom is -0.495 e. The van der Waals surface area contributed by atoms with E-state index in [1.54, 1.807) is 29.9 Å². The van der Waals surface area contributed by atoms with Gasteiger partial charge in [-0.2, -0.15) is 0 Å². The van der Waals surface area contributed by atoms with Crippen LogP contribution in [-0.2, 0) is 23.7 Å². The number of ether oxygens (including phenoxy) is 2. The van der Waals surface area contributed by atoms with Gasteiger partial charge in [-0.3, -0.25) is 9.52 Å². The molecule has 0 aliphatic carbocycles. The number of nitrogens with zero attached hydrogens (tertiary/aromatic N) is 2. The Hall–Kier alpha value is -4.16. The molecule has 0 radical (unpaired) electrons. The van der Waals surface area contributed by atoms with E-state index in [-0.39, 0.29) is 39.9 Å². The van der Waals surface area contributed by atoms with E-state index in [0.717, 1.165) is 24.5 Å². The number of sulfonamides is 1. The van der Waals surface area contributed by atoms with E-state index in [0.29, 0.717) is 17.1 Å². The van der Waals surface area contributed by atoms with Crippen LogP contribution in [0.4, 0.5) is 20.2 Å². The molecule has 0 unspecified atom stereocenters. The first kappa shape index (κ1) is 27.9. The number of aryl methyl sites for hydroxylation is 1. The topological polar surface area (TPSA) is 112 Å². The lowest BCUT2D eigenvalue weighted by molar-refractivity contribution is 0.102. The molecule has 9 nitrogen and oxygen atoms in total. The summed E-state index contributed by atoms with van der Waals surface area (Å²) < 4.78 is 65.4. The van der Waals surface area contributed by atoms with Gasteiger partial charge in [-0.25, -0.2) is 22.2 Å². The van der Waals surface area contributed by atoms with E-state index in [1.165, 1.54) is 31.5 Å². The maximum absolute atomic E-state index is 13.6. The number of hydrogen-bond donors (Lipinski definition) is 2. The Labute approximate surface area is 228 Å². The molecule has 0 saturated carbocycles. The second-order valence-electron chi connectivity index (χ2n) is 8.57. The fourth-order valence-corrected chi connectivity index (χ4v) is 4.54. The van der Waals surface area contributed by atoms with Crippen molar-refractivity contribution in [2.24, 2.45) is 7.05 Å². The number of benzene rings is 2. The van der Waals surface area contributed by atoms with E-state index >= 15 is 0 Å². The third-order valence-corrected chi connectivity index (χ3v) is 6.17. The van der Waals surface area contributed by atoms with Crippen LogP contribution in [0.3, 0.4) is 0 Å². The molecule has 1 amide bonds. The van der Waals surface area contributed by atoms with Gasteiger partial charge >= 0.3 is 0 Å². The number of carbonyl (C=O) groups is 1. The second-order valence-corrected chi connectivity index (χ2v) is 10.8. The van der Waals surface area contributed by atoms with Crippen LogP contribution in [0.5, 0.6) is 11.5 Å². The molecule has 0 fully saturated rings. The van der Waals surface area contributed by atoms with Gasteiger partial charge < -0.3 is 19.4 Å². The van der Waals surface area contributed by atoms with Gasteiger partial charge in [0.15, 0.2) is 5.75 Å². The highest BCUT2D eigenvalue weighted by molar-refractivity contribution is 7.92. The number of anilines is 2. The summed E-state index contributed by atoms with van der Waals surface area (Å²) in [5.74, 6) is -1.29. The molecule has 4 rings (SSSR count). The molecule has 204 valence electrons. The summed E-state index contributed by atoms with van der Waals surface area (Å²) in [6, 6.07) is 10.6. The van der Waals surface area contributed by atoms with Crippen molar-refractivity contribution in [2.75, 3.05) is 23.4 Å². The van der Waals surface area contributed by atoms with Gasteiger partial charge in [0, 0.05) is 36.1 Å². The molecule has 0 aliphatic rings. The van der Waals surface area contributed by atoms with Crippen LogP contribution in [0.25, 0.3) is 11.4 Å². The van der Waals surface area contributed by atoms with Crippen molar-refractivity contribution in [1.82, 2.24) is 9.55 Å². The highest BCUT2D eigenvalue weighted by Gasteiger charge is 2.18. The predicted octanol–water partition coefficient (Wildman–Crippen LogP) is 5.23.